The first kappa shape index (κ1) is 42.6. The van der Waals surface area contributed by atoms with Crippen LogP contribution in [0.2, 0.25) is 0 Å². The molecule has 0 saturated heterocycles. The molecule has 264 valence electrons. The molecule has 0 bridgehead atoms. The van der Waals surface area contributed by atoms with Crippen LogP contribution in [0.25, 0.3) is 0 Å². The molecule has 0 aromatic heterocycles. The van der Waals surface area contributed by atoms with Gasteiger partial charge in [0.25, 0.3) is 0 Å². The molecular formula is C38H71BrNO4P. The molecule has 7 heteroatoms. The number of rotatable bonds is 26. The maximum absolute atomic E-state index is 13.8. The van der Waals surface area contributed by atoms with Crippen LogP contribution in [0.15, 0.2) is 12.1 Å². The van der Waals surface area contributed by atoms with E-state index in [4.69, 9.17) is 9.05 Å². The Morgan fingerprint density at radius 2 is 1.07 bits per heavy atom. The van der Waals surface area contributed by atoms with E-state index in [1.54, 1.807) is 4.67 Å². The molecule has 1 rings (SSSR count). The van der Waals surface area contributed by atoms with Gasteiger partial charge in [0, 0.05) is 11.9 Å². The summed E-state index contributed by atoms with van der Waals surface area (Å²) in [7, 11) is -1.55. The highest BCUT2D eigenvalue weighted by Gasteiger charge is 2.31. The summed E-state index contributed by atoms with van der Waals surface area (Å²) in [5.41, 5.74) is 3.37. The Morgan fingerprint density at radius 3 is 1.44 bits per heavy atom. The van der Waals surface area contributed by atoms with Crippen LogP contribution in [0.1, 0.15) is 174 Å². The summed E-state index contributed by atoms with van der Waals surface area (Å²) in [4.78, 5) is 0. The van der Waals surface area contributed by atoms with Gasteiger partial charge in [0.15, 0.2) is 0 Å². The van der Waals surface area contributed by atoms with Crippen molar-refractivity contribution >= 4 is 23.7 Å². The Bertz CT molecular complexity index is 921. The molecule has 1 unspecified atom stereocenters. The Labute approximate surface area is 287 Å². The van der Waals surface area contributed by atoms with E-state index in [0.29, 0.717) is 30.8 Å². The lowest BCUT2D eigenvalue weighted by molar-refractivity contribution is 0.162. The number of benzene rings is 1. The van der Waals surface area contributed by atoms with Crippen LogP contribution in [-0.4, -0.2) is 41.9 Å². The molecule has 1 N–H and O–H groups in total. The Morgan fingerprint density at radius 1 is 0.689 bits per heavy atom. The molecule has 0 amide bonds. The van der Waals surface area contributed by atoms with Crippen LogP contribution in [0.5, 0.6) is 5.75 Å². The van der Waals surface area contributed by atoms with E-state index in [-0.39, 0.29) is 10.8 Å². The van der Waals surface area contributed by atoms with Gasteiger partial charge in [0.05, 0.1) is 13.2 Å². The SMILES string of the molecule is CCCCCCCCCCCCCCCCCCOP(=O)(OCCCc1c(C(C)(C)C)cc(O)cc1C(C)(C)C)N(C)CCBr. The molecule has 5 nitrogen and oxygen atoms in total. The van der Waals surface area contributed by atoms with Crippen molar-refractivity contribution in [3.63, 3.8) is 0 Å². The van der Waals surface area contributed by atoms with Crippen molar-refractivity contribution in [2.45, 2.75) is 175 Å². The van der Waals surface area contributed by atoms with E-state index in [1.165, 1.54) is 95.5 Å². The third-order valence-electron chi connectivity index (χ3n) is 8.75. The van der Waals surface area contributed by atoms with Gasteiger partial charge < -0.3 is 5.11 Å². The van der Waals surface area contributed by atoms with Crippen LogP contribution in [0.4, 0.5) is 0 Å². The molecule has 1 aromatic carbocycles. The van der Waals surface area contributed by atoms with Gasteiger partial charge in [0.2, 0.25) is 0 Å². The molecule has 0 fully saturated rings. The average molecular weight is 717 g/mol. The standard InChI is InChI=1S/C38H71BrNO4P/c1-9-10-11-12-13-14-15-16-17-18-19-20-21-22-23-24-29-43-45(42,40(8)28-27-39)44-30-25-26-34-35(37(2,3)4)31-33(41)32-36(34)38(5,6)7/h31-32,41H,9-30H2,1-8H3. The second-order valence-electron chi connectivity index (χ2n) is 15.1. The number of phenols is 1. The van der Waals surface area contributed by atoms with Gasteiger partial charge in [-0.15, -0.1) is 0 Å². The van der Waals surface area contributed by atoms with Crippen molar-refractivity contribution in [1.82, 2.24) is 4.67 Å². The van der Waals surface area contributed by atoms with Crippen molar-refractivity contribution in [3.8, 4) is 5.75 Å². The number of unbranched alkanes of at least 4 members (excludes halogenated alkanes) is 15. The molecule has 45 heavy (non-hydrogen) atoms. The largest absolute Gasteiger partial charge is 0.508 e. The second-order valence-corrected chi connectivity index (χ2v) is 18.1. The molecule has 1 aromatic rings. The fourth-order valence-electron chi connectivity index (χ4n) is 6.00. The van der Waals surface area contributed by atoms with Crippen LogP contribution in [-0.2, 0) is 30.9 Å². The van der Waals surface area contributed by atoms with Gasteiger partial charge in [-0.25, -0.2) is 9.24 Å². The molecule has 0 aliphatic heterocycles. The molecule has 0 aliphatic carbocycles. The molecule has 0 aliphatic rings. The van der Waals surface area contributed by atoms with Gasteiger partial charge in [0.1, 0.15) is 5.75 Å². The first-order chi connectivity index (χ1) is 21.3. The number of alkyl halides is 1. The van der Waals surface area contributed by atoms with E-state index >= 15 is 0 Å². The number of hydrogen-bond donors (Lipinski definition) is 1. The van der Waals surface area contributed by atoms with Gasteiger partial charge in [-0.2, -0.15) is 0 Å². The highest BCUT2D eigenvalue weighted by atomic mass is 79.9. The fourth-order valence-corrected chi connectivity index (χ4v) is 8.34. The maximum atomic E-state index is 13.8. The summed E-state index contributed by atoms with van der Waals surface area (Å²) in [6.07, 6.45) is 22.7. The minimum absolute atomic E-state index is 0.101. The summed E-state index contributed by atoms with van der Waals surface area (Å²) in [6, 6.07) is 3.81. The second kappa shape index (κ2) is 23.0. The molecule has 0 heterocycles. The van der Waals surface area contributed by atoms with E-state index in [1.807, 2.05) is 19.2 Å². The fraction of sp³-hybridized carbons (Fsp3) is 0.842. The van der Waals surface area contributed by atoms with Crippen molar-refractivity contribution in [3.05, 3.63) is 28.8 Å². The quantitative estimate of drug-likeness (QED) is 0.0588. The maximum Gasteiger partial charge on any atom is 0.407 e. The highest BCUT2D eigenvalue weighted by molar-refractivity contribution is 9.09. The van der Waals surface area contributed by atoms with Gasteiger partial charge in [-0.1, -0.05) is 161 Å². The lowest BCUT2D eigenvalue weighted by atomic mass is 9.75. The third-order valence-corrected chi connectivity index (χ3v) is 11.2. The van der Waals surface area contributed by atoms with Gasteiger partial charge >= 0.3 is 7.75 Å². The van der Waals surface area contributed by atoms with Crippen molar-refractivity contribution < 1.29 is 18.7 Å². The van der Waals surface area contributed by atoms with Crippen molar-refractivity contribution in [1.29, 1.82) is 0 Å². The number of nitrogens with zero attached hydrogens (tertiary/aromatic N) is 1. The van der Waals surface area contributed by atoms with Crippen LogP contribution in [0, 0.1) is 0 Å². The zero-order valence-electron chi connectivity index (χ0n) is 30.7. The monoisotopic (exact) mass is 715 g/mol. The van der Waals surface area contributed by atoms with Gasteiger partial charge in [-0.05, 0) is 66.0 Å². The summed E-state index contributed by atoms with van der Waals surface area (Å²) < 4.78 is 27.6. The minimum atomic E-state index is -3.37. The summed E-state index contributed by atoms with van der Waals surface area (Å²) in [6.45, 7) is 16.8. The zero-order valence-corrected chi connectivity index (χ0v) is 33.1. The topological polar surface area (TPSA) is 59.0 Å². The van der Waals surface area contributed by atoms with Crippen LogP contribution < -0.4 is 0 Å². The summed E-state index contributed by atoms with van der Waals surface area (Å²) >= 11 is 3.47. The Kier molecular flexibility index (Phi) is 21.8. The number of phenolic OH excluding ortho intramolecular Hbond substituents is 1. The van der Waals surface area contributed by atoms with Crippen molar-refractivity contribution in [2.75, 3.05) is 32.1 Å². The van der Waals surface area contributed by atoms with Gasteiger partial charge in [-0.3, -0.25) is 9.05 Å². The minimum Gasteiger partial charge on any atom is -0.508 e. The zero-order chi connectivity index (χ0) is 33.8. The van der Waals surface area contributed by atoms with E-state index in [2.05, 4.69) is 64.4 Å². The molecule has 0 radical (unpaired) electrons. The molecule has 0 spiro atoms. The first-order valence-electron chi connectivity index (χ1n) is 18.3. The van der Waals surface area contributed by atoms with Crippen LogP contribution in [0.3, 0.4) is 0 Å². The molecular weight excluding hydrogens is 645 g/mol. The third kappa shape index (κ3) is 18.1. The average Bonchev–Trinajstić information content (AvgIpc) is 2.96. The predicted octanol–water partition coefficient (Wildman–Crippen LogP) is 12.6. The number of hydrogen-bond acceptors (Lipinski definition) is 4. The molecule has 0 saturated carbocycles. The van der Waals surface area contributed by atoms with Crippen molar-refractivity contribution in [2.24, 2.45) is 0 Å². The number of aromatic hydroxyl groups is 1. The highest BCUT2D eigenvalue weighted by Crippen LogP contribution is 2.51. The van der Waals surface area contributed by atoms with Crippen LogP contribution >= 0.6 is 23.7 Å². The normalized spacial score (nSPS) is 13.9. The number of halogens is 1. The van der Waals surface area contributed by atoms with E-state index in [9.17, 15) is 9.67 Å². The van der Waals surface area contributed by atoms with E-state index in [0.717, 1.165) is 36.8 Å². The smallest absolute Gasteiger partial charge is 0.407 e. The summed E-state index contributed by atoms with van der Waals surface area (Å²) in [5.74, 6) is 0.313. The molecule has 1 atom stereocenters. The lowest BCUT2D eigenvalue weighted by Gasteiger charge is -2.31. The lowest BCUT2D eigenvalue weighted by Crippen LogP contribution is -2.22. The Hall–Kier alpha value is -0.390. The van der Waals surface area contributed by atoms with E-state index < -0.39 is 7.75 Å². The Balaban J connectivity index is 2.43. The summed E-state index contributed by atoms with van der Waals surface area (Å²) in [5, 5.41) is 11.2. The predicted molar refractivity (Wildman–Crippen MR) is 199 cm³/mol. The first-order valence-corrected chi connectivity index (χ1v) is 20.9.